The van der Waals surface area contributed by atoms with Crippen molar-refractivity contribution in [1.82, 2.24) is 5.32 Å². The molecule has 2 atom stereocenters. The Morgan fingerprint density at radius 2 is 1.75 bits per heavy atom. The minimum atomic E-state index is -0.944. The second-order valence-electron chi connectivity index (χ2n) is 6.71. The second kappa shape index (κ2) is 9.80. The summed E-state index contributed by atoms with van der Waals surface area (Å²) in [7, 11) is 0. The van der Waals surface area contributed by atoms with Crippen molar-refractivity contribution in [3.8, 4) is 0 Å². The average Bonchev–Trinajstić information content (AvgIpc) is 3.10. The van der Waals surface area contributed by atoms with E-state index in [9.17, 15) is 14.7 Å². The van der Waals surface area contributed by atoms with Crippen LogP contribution >= 0.6 is 23.4 Å². The predicted octanol–water partition coefficient (Wildman–Crippen LogP) is 4.98. The molecule has 2 unspecified atom stereocenters. The average molecular weight is 416 g/mol. The summed E-state index contributed by atoms with van der Waals surface area (Å²) in [6.45, 7) is 0. The van der Waals surface area contributed by atoms with Crippen molar-refractivity contribution in [3.05, 3.63) is 76.2 Å². The topological polar surface area (TPSA) is 66.4 Å². The summed E-state index contributed by atoms with van der Waals surface area (Å²) in [5.74, 6) is -1.83. The lowest BCUT2D eigenvalue weighted by Gasteiger charge is -2.20. The van der Waals surface area contributed by atoms with Crippen LogP contribution in [0.15, 0.2) is 60.0 Å². The Labute approximate surface area is 174 Å². The van der Waals surface area contributed by atoms with Crippen LogP contribution in [0.3, 0.4) is 0 Å². The zero-order valence-corrected chi connectivity index (χ0v) is 16.9. The van der Waals surface area contributed by atoms with Crippen molar-refractivity contribution in [2.45, 2.75) is 31.1 Å². The molecule has 0 saturated carbocycles. The molecule has 0 saturated heterocycles. The number of aryl methyl sites for hydroxylation is 1. The molecular formula is C22H22ClNO3S. The van der Waals surface area contributed by atoms with Crippen LogP contribution < -0.4 is 5.32 Å². The largest absolute Gasteiger partial charge is 0.481 e. The van der Waals surface area contributed by atoms with E-state index in [1.807, 2.05) is 23.6 Å². The van der Waals surface area contributed by atoms with Gasteiger partial charge >= 0.3 is 5.97 Å². The van der Waals surface area contributed by atoms with Gasteiger partial charge in [0.05, 0.1) is 5.37 Å². The Hall–Kier alpha value is -2.24. The first-order valence-electron chi connectivity index (χ1n) is 9.22. The molecule has 0 fully saturated rings. The number of hydrogen-bond acceptors (Lipinski definition) is 3. The molecule has 1 aliphatic heterocycles. The Morgan fingerprint density at radius 3 is 2.43 bits per heavy atom. The van der Waals surface area contributed by atoms with Crippen LogP contribution in [0.2, 0.25) is 5.02 Å². The molecular weight excluding hydrogens is 394 g/mol. The van der Waals surface area contributed by atoms with Crippen LogP contribution in [-0.4, -0.2) is 22.4 Å². The van der Waals surface area contributed by atoms with Crippen LogP contribution in [0.25, 0.3) is 5.57 Å². The lowest BCUT2D eigenvalue weighted by atomic mass is 9.93. The molecule has 146 valence electrons. The van der Waals surface area contributed by atoms with E-state index in [-0.39, 0.29) is 5.91 Å². The van der Waals surface area contributed by atoms with Crippen LogP contribution in [0, 0.1) is 5.92 Å². The molecule has 0 radical (unpaired) electrons. The molecule has 2 aromatic rings. The van der Waals surface area contributed by atoms with Crippen molar-refractivity contribution in [2.75, 3.05) is 0 Å². The molecule has 28 heavy (non-hydrogen) atoms. The minimum absolute atomic E-state index is 0.109. The number of carboxylic acids is 1. The molecule has 6 heteroatoms. The zero-order chi connectivity index (χ0) is 19.9. The van der Waals surface area contributed by atoms with Crippen LogP contribution in [0.1, 0.15) is 30.4 Å². The number of benzene rings is 2. The number of nitrogens with one attached hydrogen (secondary N) is 1. The van der Waals surface area contributed by atoms with Crippen molar-refractivity contribution in [3.63, 3.8) is 0 Å². The van der Waals surface area contributed by atoms with E-state index in [2.05, 4.69) is 17.4 Å². The Morgan fingerprint density at radius 1 is 1.04 bits per heavy atom. The smallest absolute Gasteiger partial charge is 0.314 e. The van der Waals surface area contributed by atoms with E-state index in [4.69, 9.17) is 11.6 Å². The van der Waals surface area contributed by atoms with E-state index < -0.39 is 17.3 Å². The number of unbranched alkanes of at least 4 members (excludes halogenated alkanes) is 1. The number of carbonyl (C=O) groups is 2. The molecule has 1 heterocycles. The first-order valence-corrected chi connectivity index (χ1v) is 10.5. The fourth-order valence-electron chi connectivity index (χ4n) is 3.22. The van der Waals surface area contributed by atoms with E-state index in [0.717, 1.165) is 24.8 Å². The van der Waals surface area contributed by atoms with Crippen molar-refractivity contribution >= 4 is 40.8 Å². The summed E-state index contributed by atoms with van der Waals surface area (Å²) in [4.78, 5) is 24.1. The van der Waals surface area contributed by atoms with Crippen molar-refractivity contribution in [1.29, 1.82) is 0 Å². The first kappa shape index (κ1) is 20.5. The van der Waals surface area contributed by atoms with Gasteiger partial charge in [-0.05, 0) is 53.5 Å². The molecule has 0 bridgehead atoms. The quantitative estimate of drug-likeness (QED) is 0.596. The van der Waals surface area contributed by atoms with Gasteiger partial charge in [-0.3, -0.25) is 9.59 Å². The lowest BCUT2D eigenvalue weighted by molar-refractivity contribution is -0.139. The van der Waals surface area contributed by atoms with Crippen LogP contribution in [0.4, 0.5) is 0 Å². The van der Waals surface area contributed by atoms with Gasteiger partial charge in [0.1, 0.15) is 5.92 Å². The van der Waals surface area contributed by atoms with Crippen molar-refractivity contribution in [2.24, 2.45) is 5.92 Å². The van der Waals surface area contributed by atoms with Gasteiger partial charge in [0.2, 0.25) is 5.91 Å². The van der Waals surface area contributed by atoms with Gasteiger partial charge in [0, 0.05) is 11.4 Å². The van der Waals surface area contributed by atoms with Crippen LogP contribution in [-0.2, 0) is 16.0 Å². The number of hydrogen-bond donors (Lipinski definition) is 2. The summed E-state index contributed by atoms with van der Waals surface area (Å²) in [5, 5.41) is 14.5. The SMILES string of the molecule is O=C(CCCCc1ccccc1)NC1SC=C(c2ccc(Cl)cc2)C1C(=O)O. The third-order valence-corrected chi connectivity index (χ3v) is 6.01. The van der Waals surface area contributed by atoms with Gasteiger partial charge in [-0.25, -0.2) is 0 Å². The zero-order valence-electron chi connectivity index (χ0n) is 15.3. The van der Waals surface area contributed by atoms with E-state index in [1.54, 1.807) is 24.3 Å². The van der Waals surface area contributed by atoms with E-state index in [1.165, 1.54) is 17.3 Å². The maximum Gasteiger partial charge on any atom is 0.314 e. The number of carboxylic acid groups (broad SMARTS) is 1. The highest BCUT2D eigenvalue weighted by Gasteiger charge is 2.37. The first-order chi connectivity index (χ1) is 13.5. The number of halogens is 1. The molecule has 0 aromatic heterocycles. The van der Waals surface area contributed by atoms with E-state index >= 15 is 0 Å². The summed E-state index contributed by atoms with van der Waals surface area (Å²) < 4.78 is 0. The fourth-order valence-corrected chi connectivity index (χ4v) is 4.54. The minimum Gasteiger partial charge on any atom is -0.481 e. The highest BCUT2D eigenvalue weighted by Crippen LogP contribution is 2.40. The molecule has 4 nitrogen and oxygen atoms in total. The van der Waals surface area contributed by atoms with Gasteiger partial charge in [0.25, 0.3) is 0 Å². The summed E-state index contributed by atoms with van der Waals surface area (Å²) in [5.41, 5.74) is 2.77. The summed E-state index contributed by atoms with van der Waals surface area (Å²) >= 11 is 7.26. The maximum atomic E-state index is 12.3. The molecule has 2 N–H and O–H groups in total. The third kappa shape index (κ3) is 5.40. The predicted molar refractivity (Wildman–Crippen MR) is 114 cm³/mol. The molecule has 3 rings (SSSR count). The summed E-state index contributed by atoms with van der Waals surface area (Å²) in [6, 6.07) is 17.2. The normalized spacial score (nSPS) is 18.5. The molecule has 1 aliphatic rings. The number of carbonyl (C=O) groups excluding carboxylic acids is 1. The maximum absolute atomic E-state index is 12.3. The summed E-state index contributed by atoms with van der Waals surface area (Å²) in [6.07, 6.45) is 3.03. The standard InChI is InChI=1S/C22H22ClNO3S/c23-17-12-10-16(11-13-17)18-14-28-21(20(18)22(26)27)24-19(25)9-5-4-8-15-6-2-1-3-7-15/h1-3,6-7,10-14,20-21H,4-5,8-9H2,(H,24,25)(H,26,27). The highest BCUT2D eigenvalue weighted by atomic mass is 35.5. The number of thioether (sulfide) groups is 1. The van der Waals surface area contributed by atoms with Crippen molar-refractivity contribution < 1.29 is 14.7 Å². The van der Waals surface area contributed by atoms with Crippen LogP contribution in [0.5, 0.6) is 0 Å². The Kier molecular flexibility index (Phi) is 7.18. The number of amides is 1. The monoisotopic (exact) mass is 415 g/mol. The lowest BCUT2D eigenvalue weighted by Crippen LogP contribution is -2.39. The molecule has 0 spiro atoms. The van der Waals surface area contributed by atoms with Gasteiger partial charge in [-0.15, -0.1) is 11.8 Å². The van der Waals surface area contributed by atoms with E-state index in [0.29, 0.717) is 17.0 Å². The molecule has 2 aromatic carbocycles. The van der Waals surface area contributed by atoms with Gasteiger partial charge < -0.3 is 10.4 Å². The van der Waals surface area contributed by atoms with Gasteiger partial charge in [-0.2, -0.15) is 0 Å². The second-order valence-corrected chi connectivity index (χ2v) is 8.17. The fraction of sp³-hybridized carbons (Fsp3) is 0.273. The van der Waals surface area contributed by atoms with Gasteiger partial charge in [-0.1, -0.05) is 54.1 Å². The van der Waals surface area contributed by atoms with Gasteiger partial charge in [0.15, 0.2) is 0 Å². The third-order valence-electron chi connectivity index (χ3n) is 4.69. The highest BCUT2D eigenvalue weighted by molar-refractivity contribution is 8.03. The molecule has 1 amide bonds. The Bertz CT molecular complexity index is 852. The Balaban J connectivity index is 1.51. The molecule has 0 aliphatic carbocycles. The number of rotatable bonds is 8. The number of aliphatic carboxylic acids is 1.